The van der Waals surface area contributed by atoms with Gasteiger partial charge in [-0.25, -0.2) is 8.78 Å². The number of likely N-dealkylation sites (tertiary alicyclic amines) is 1. The monoisotopic (exact) mass is 534 g/mol. The Hall–Kier alpha value is -2.13. The Kier molecular flexibility index (Phi) is 9.87. The lowest BCUT2D eigenvalue weighted by Crippen LogP contribution is -2.44. The molecule has 0 N–H and O–H groups in total. The van der Waals surface area contributed by atoms with E-state index in [1.54, 1.807) is 30.3 Å². The Morgan fingerprint density at radius 1 is 1.14 bits per heavy atom. The van der Waals surface area contributed by atoms with Crippen molar-refractivity contribution in [1.29, 1.82) is 0 Å². The van der Waals surface area contributed by atoms with Crippen LogP contribution >= 0.6 is 11.6 Å². The highest BCUT2D eigenvalue weighted by molar-refractivity contribution is 6.31. The number of piperidine rings is 1. The Balaban J connectivity index is 1.39. The topological polar surface area (TPSA) is 48.9 Å². The first kappa shape index (κ1) is 27.9. The van der Waals surface area contributed by atoms with Crippen molar-refractivity contribution < 1.29 is 18.3 Å². The first-order valence-electron chi connectivity index (χ1n) is 13.1. The number of ether oxygens (including phenoxy) is 1. The van der Waals surface area contributed by atoms with Crippen molar-refractivity contribution in [2.24, 2.45) is 0 Å². The van der Waals surface area contributed by atoms with Crippen LogP contribution in [0.4, 0.5) is 8.78 Å². The van der Waals surface area contributed by atoms with Crippen LogP contribution < -0.4 is 0 Å². The van der Waals surface area contributed by atoms with Gasteiger partial charge in [-0.15, -0.1) is 0 Å². The van der Waals surface area contributed by atoms with E-state index >= 15 is 0 Å². The highest BCUT2D eigenvalue weighted by Crippen LogP contribution is 2.28. The van der Waals surface area contributed by atoms with Crippen molar-refractivity contribution in [2.75, 3.05) is 53.0 Å². The van der Waals surface area contributed by atoms with Crippen molar-refractivity contribution in [3.8, 4) is 0 Å². The molecule has 37 heavy (non-hydrogen) atoms. The second kappa shape index (κ2) is 13.1. The molecule has 0 saturated carbocycles. The molecular formula is C28H37ClF2N4O2. The van der Waals surface area contributed by atoms with Crippen molar-refractivity contribution in [3.05, 3.63) is 63.9 Å². The molecule has 0 bridgehead atoms. The molecule has 1 aromatic heterocycles. The van der Waals surface area contributed by atoms with Gasteiger partial charge in [0.25, 0.3) is 5.92 Å². The number of fused-ring (bicyclic) bond motifs is 1. The summed E-state index contributed by atoms with van der Waals surface area (Å²) in [6, 6.07) is 9.92. The van der Waals surface area contributed by atoms with E-state index in [4.69, 9.17) is 16.3 Å². The van der Waals surface area contributed by atoms with Gasteiger partial charge in [0.05, 0.1) is 23.9 Å². The molecule has 0 aliphatic carbocycles. The van der Waals surface area contributed by atoms with Crippen LogP contribution in [0.3, 0.4) is 0 Å². The van der Waals surface area contributed by atoms with Gasteiger partial charge in [-0.2, -0.15) is 0 Å². The van der Waals surface area contributed by atoms with E-state index in [0.29, 0.717) is 56.3 Å². The van der Waals surface area contributed by atoms with Gasteiger partial charge >= 0.3 is 0 Å². The van der Waals surface area contributed by atoms with Gasteiger partial charge < -0.3 is 14.5 Å². The number of pyridine rings is 1. The van der Waals surface area contributed by atoms with Gasteiger partial charge in [0.2, 0.25) is 5.91 Å². The molecule has 2 aliphatic rings. The molecule has 0 radical (unpaired) electrons. The van der Waals surface area contributed by atoms with Gasteiger partial charge in [-0.1, -0.05) is 29.8 Å². The number of alkyl halides is 2. The van der Waals surface area contributed by atoms with Crippen LogP contribution in [-0.2, 0) is 35.5 Å². The van der Waals surface area contributed by atoms with E-state index in [2.05, 4.69) is 28.1 Å². The predicted octanol–water partition coefficient (Wildman–Crippen LogP) is 4.43. The number of hydrogen-bond acceptors (Lipinski definition) is 5. The number of benzene rings is 1. The largest absolute Gasteiger partial charge is 0.383 e. The number of carbonyl (C=O) groups is 1. The molecule has 0 atom stereocenters. The minimum absolute atomic E-state index is 0.0270. The van der Waals surface area contributed by atoms with Crippen LogP contribution in [0.25, 0.3) is 0 Å². The summed E-state index contributed by atoms with van der Waals surface area (Å²) in [5.41, 5.74) is 4.56. The maximum absolute atomic E-state index is 13.6. The Bertz CT molecular complexity index is 1040. The smallest absolute Gasteiger partial charge is 0.250 e. The second-order valence-electron chi connectivity index (χ2n) is 10.0. The van der Waals surface area contributed by atoms with Crippen molar-refractivity contribution >= 4 is 17.5 Å². The third kappa shape index (κ3) is 7.93. The van der Waals surface area contributed by atoms with E-state index in [9.17, 15) is 13.6 Å². The lowest BCUT2D eigenvalue weighted by atomic mass is 9.92. The van der Waals surface area contributed by atoms with Crippen LogP contribution in [0.2, 0.25) is 5.02 Å². The van der Waals surface area contributed by atoms with Gasteiger partial charge in [0.15, 0.2) is 0 Å². The third-order valence-corrected chi connectivity index (χ3v) is 7.81. The van der Waals surface area contributed by atoms with Gasteiger partial charge in [0, 0.05) is 78.4 Å². The zero-order valence-corrected chi connectivity index (χ0v) is 22.4. The zero-order chi connectivity index (χ0) is 26.3. The summed E-state index contributed by atoms with van der Waals surface area (Å²) in [6.45, 7) is 5.54. The third-order valence-electron chi connectivity index (χ3n) is 7.46. The summed E-state index contributed by atoms with van der Waals surface area (Å²) in [4.78, 5) is 24.0. The molecular weight excluding hydrogens is 498 g/mol. The lowest BCUT2D eigenvalue weighted by molar-refractivity contribution is -0.132. The van der Waals surface area contributed by atoms with Crippen LogP contribution in [-0.4, -0.2) is 84.5 Å². The van der Waals surface area contributed by atoms with Crippen LogP contribution in [0, 0.1) is 0 Å². The number of aryl methyl sites for hydroxylation is 1. The molecule has 9 heteroatoms. The first-order chi connectivity index (χ1) is 17.8. The molecule has 202 valence electrons. The molecule has 3 heterocycles. The molecule has 6 nitrogen and oxygen atoms in total. The molecule has 1 fully saturated rings. The van der Waals surface area contributed by atoms with E-state index in [1.165, 1.54) is 16.7 Å². The van der Waals surface area contributed by atoms with Crippen molar-refractivity contribution in [1.82, 2.24) is 19.7 Å². The number of nitrogens with zero attached hydrogens (tertiary/aromatic N) is 4. The first-order valence-corrected chi connectivity index (χ1v) is 13.5. The highest BCUT2D eigenvalue weighted by atomic mass is 35.5. The maximum atomic E-state index is 13.6. The van der Waals surface area contributed by atoms with Crippen LogP contribution in [0.5, 0.6) is 0 Å². The molecule has 1 aromatic carbocycles. The SMILES string of the molecule is COCCN1CCc2c(CCC(=O)N(CCN3CCC(F)(F)CC3)Cc3ncccc3Cl)cccc2C1. The number of aromatic nitrogens is 1. The number of rotatable bonds is 11. The summed E-state index contributed by atoms with van der Waals surface area (Å²) in [6.07, 6.45) is 3.43. The normalized spacial score (nSPS) is 17.9. The van der Waals surface area contributed by atoms with Gasteiger partial charge in [0.1, 0.15) is 0 Å². The summed E-state index contributed by atoms with van der Waals surface area (Å²) < 4.78 is 32.4. The summed E-state index contributed by atoms with van der Waals surface area (Å²) in [5.74, 6) is -2.55. The number of halogens is 3. The van der Waals surface area contributed by atoms with E-state index in [1.807, 2.05) is 4.90 Å². The van der Waals surface area contributed by atoms with Crippen LogP contribution in [0.1, 0.15) is 41.6 Å². The molecule has 2 aliphatic heterocycles. The van der Waals surface area contributed by atoms with E-state index in [0.717, 1.165) is 32.7 Å². The highest BCUT2D eigenvalue weighted by Gasteiger charge is 2.34. The van der Waals surface area contributed by atoms with Crippen LogP contribution in [0.15, 0.2) is 36.5 Å². The average molecular weight is 535 g/mol. The molecule has 1 saturated heterocycles. The summed E-state index contributed by atoms with van der Waals surface area (Å²) in [7, 11) is 1.73. The second-order valence-corrected chi connectivity index (χ2v) is 10.4. The number of carbonyl (C=O) groups excluding carboxylic acids is 1. The number of hydrogen-bond donors (Lipinski definition) is 0. The molecule has 4 rings (SSSR count). The fourth-order valence-corrected chi connectivity index (χ4v) is 5.35. The number of amides is 1. The standard InChI is InChI=1S/C28H37ClF2N4O2/c1-37-19-18-34-13-9-24-22(4-2-5-23(24)20-34)7-8-27(36)35(21-26-25(29)6-3-12-32-26)17-16-33-14-10-28(30,31)11-15-33/h2-6,12H,7-11,13-21H2,1H3. The minimum atomic E-state index is -2.58. The fraction of sp³-hybridized carbons (Fsp3) is 0.571. The molecule has 0 spiro atoms. The van der Waals surface area contributed by atoms with Crippen molar-refractivity contribution in [3.63, 3.8) is 0 Å². The van der Waals surface area contributed by atoms with Crippen molar-refractivity contribution in [2.45, 2.75) is 51.1 Å². The number of methoxy groups -OCH3 is 1. The zero-order valence-electron chi connectivity index (χ0n) is 21.6. The minimum Gasteiger partial charge on any atom is -0.383 e. The summed E-state index contributed by atoms with van der Waals surface area (Å²) in [5, 5.41) is 0.521. The van der Waals surface area contributed by atoms with E-state index < -0.39 is 5.92 Å². The maximum Gasteiger partial charge on any atom is 0.250 e. The van der Waals surface area contributed by atoms with Gasteiger partial charge in [-0.05, 0) is 41.7 Å². The Morgan fingerprint density at radius 3 is 2.70 bits per heavy atom. The molecule has 2 aromatic rings. The Labute approximate surface area is 223 Å². The van der Waals surface area contributed by atoms with Gasteiger partial charge in [-0.3, -0.25) is 14.7 Å². The fourth-order valence-electron chi connectivity index (χ4n) is 5.17. The molecule has 1 amide bonds. The predicted molar refractivity (Wildman–Crippen MR) is 141 cm³/mol. The Morgan fingerprint density at radius 2 is 1.95 bits per heavy atom. The average Bonchev–Trinajstić information content (AvgIpc) is 2.90. The summed E-state index contributed by atoms with van der Waals surface area (Å²) >= 11 is 6.34. The lowest BCUT2D eigenvalue weighted by Gasteiger charge is -2.33. The van der Waals surface area contributed by atoms with E-state index in [-0.39, 0.29) is 18.7 Å². The quantitative estimate of drug-likeness (QED) is 0.427. The molecule has 0 unspecified atom stereocenters.